The molecule has 1 aliphatic carbocycles. The lowest BCUT2D eigenvalue weighted by Crippen LogP contribution is -1.96. The van der Waals surface area contributed by atoms with Gasteiger partial charge in [-0.3, -0.25) is 0 Å². The van der Waals surface area contributed by atoms with Crippen molar-refractivity contribution in [3.05, 3.63) is 89.7 Å². The Morgan fingerprint density at radius 3 is 2.35 bits per heavy atom. The van der Waals surface area contributed by atoms with E-state index in [9.17, 15) is 0 Å². The van der Waals surface area contributed by atoms with Crippen LogP contribution in [0, 0.1) is 11.8 Å². The fourth-order valence-electron chi connectivity index (χ4n) is 2.52. The number of benzene rings is 2. The van der Waals surface area contributed by atoms with Gasteiger partial charge < -0.3 is 4.74 Å². The predicted octanol–water partition coefficient (Wildman–Crippen LogP) is 5.50. The van der Waals surface area contributed by atoms with Crippen LogP contribution >= 0.6 is 0 Å². The van der Waals surface area contributed by atoms with Crippen LogP contribution in [0.4, 0.5) is 0 Å². The quantitative estimate of drug-likeness (QED) is 0.537. The van der Waals surface area contributed by atoms with Crippen LogP contribution in [0.1, 0.15) is 31.2 Å². The molecular formula is C22H20O. The van der Waals surface area contributed by atoms with Crippen molar-refractivity contribution in [2.24, 2.45) is 0 Å². The molecule has 0 heterocycles. The molecule has 3 rings (SSSR count). The Kier molecular flexibility index (Phi) is 5.32. The van der Waals surface area contributed by atoms with Crippen LogP contribution < -0.4 is 4.74 Å². The molecule has 0 bridgehead atoms. The summed E-state index contributed by atoms with van der Waals surface area (Å²) in [5, 5.41) is 0. The number of para-hydroxylation sites is 1. The average Bonchev–Trinajstić information content (AvgIpc) is 2.62. The smallest absolute Gasteiger partial charge is 0.178 e. The molecule has 0 unspecified atom stereocenters. The van der Waals surface area contributed by atoms with E-state index in [2.05, 4.69) is 24.0 Å². The molecule has 114 valence electrons. The van der Waals surface area contributed by atoms with E-state index in [-0.39, 0.29) is 0 Å². The Morgan fingerprint density at radius 1 is 0.913 bits per heavy atom. The van der Waals surface area contributed by atoms with Crippen molar-refractivity contribution in [3.8, 4) is 17.6 Å². The molecule has 0 atom stereocenters. The highest BCUT2D eigenvalue weighted by Crippen LogP contribution is 2.21. The number of allylic oxidation sites excluding steroid dienone is 4. The van der Waals surface area contributed by atoms with Gasteiger partial charge in [0.15, 0.2) is 5.76 Å². The average molecular weight is 300 g/mol. The van der Waals surface area contributed by atoms with Gasteiger partial charge in [-0.15, -0.1) is 0 Å². The molecule has 2 aromatic carbocycles. The second-order valence-electron chi connectivity index (χ2n) is 5.56. The van der Waals surface area contributed by atoms with Crippen molar-refractivity contribution in [3.63, 3.8) is 0 Å². The van der Waals surface area contributed by atoms with E-state index in [4.69, 9.17) is 4.74 Å². The molecule has 23 heavy (non-hydrogen) atoms. The van der Waals surface area contributed by atoms with Crippen molar-refractivity contribution >= 4 is 0 Å². The molecule has 1 heteroatoms. The summed E-state index contributed by atoms with van der Waals surface area (Å²) in [6, 6.07) is 19.8. The van der Waals surface area contributed by atoms with Crippen LogP contribution in [0.2, 0.25) is 0 Å². The second-order valence-corrected chi connectivity index (χ2v) is 5.56. The Bertz CT molecular complexity index is 743. The molecule has 0 amide bonds. The monoisotopic (exact) mass is 300 g/mol. The first-order valence-electron chi connectivity index (χ1n) is 8.11. The van der Waals surface area contributed by atoms with E-state index in [1.54, 1.807) is 0 Å². The first kappa shape index (κ1) is 15.2. The Morgan fingerprint density at radius 2 is 1.65 bits per heavy atom. The van der Waals surface area contributed by atoms with E-state index in [1.165, 1.54) is 18.4 Å². The fourth-order valence-corrected chi connectivity index (χ4v) is 2.52. The molecule has 0 N–H and O–H groups in total. The van der Waals surface area contributed by atoms with Gasteiger partial charge in [-0.1, -0.05) is 48.4 Å². The zero-order valence-corrected chi connectivity index (χ0v) is 13.2. The summed E-state index contributed by atoms with van der Waals surface area (Å²) in [7, 11) is 0. The summed E-state index contributed by atoms with van der Waals surface area (Å²) in [4.78, 5) is 0. The Hall–Kier alpha value is -2.72. The molecule has 0 spiro atoms. The van der Waals surface area contributed by atoms with E-state index >= 15 is 0 Å². The SMILES string of the molecule is C(#Cc1ccccc1)/C(=C/C1=CCCCC1)Oc1ccccc1. The molecule has 0 fully saturated rings. The maximum atomic E-state index is 5.99. The van der Waals surface area contributed by atoms with Crippen LogP contribution in [-0.4, -0.2) is 0 Å². The molecule has 0 saturated carbocycles. The second kappa shape index (κ2) is 8.06. The lowest BCUT2D eigenvalue weighted by Gasteiger charge is -2.10. The van der Waals surface area contributed by atoms with E-state index in [0.29, 0.717) is 5.76 Å². The normalized spacial score (nSPS) is 14.4. The third-order valence-electron chi connectivity index (χ3n) is 3.72. The number of hydrogen-bond donors (Lipinski definition) is 0. The third kappa shape index (κ3) is 4.90. The van der Waals surface area contributed by atoms with Gasteiger partial charge in [0.1, 0.15) is 5.75 Å². The minimum absolute atomic E-state index is 0.702. The summed E-state index contributed by atoms with van der Waals surface area (Å²) in [6.45, 7) is 0. The van der Waals surface area contributed by atoms with Crippen LogP contribution in [0.15, 0.2) is 84.1 Å². The molecule has 2 aromatic rings. The van der Waals surface area contributed by atoms with Crippen molar-refractivity contribution in [1.82, 2.24) is 0 Å². The van der Waals surface area contributed by atoms with Gasteiger partial charge in [0, 0.05) is 5.56 Å². The standard InChI is InChI=1S/C22H20O/c1-4-10-19(11-5-1)16-17-22(18-20-12-6-2-7-13-20)23-21-14-8-3-9-15-21/h1,3-5,8-12,14-15,18H,2,6-7,13H2/b22-18-. The minimum Gasteiger partial charge on any atom is -0.448 e. The number of hydrogen-bond acceptors (Lipinski definition) is 1. The van der Waals surface area contributed by atoms with Crippen molar-refractivity contribution in [2.75, 3.05) is 0 Å². The van der Waals surface area contributed by atoms with Gasteiger partial charge in [0.25, 0.3) is 0 Å². The maximum Gasteiger partial charge on any atom is 0.178 e. The summed E-state index contributed by atoms with van der Waals surface area (Å²) in [5.74, 6) is 7.88. The van der Waals surface area contributed by atoms with E-state index < -0.39 is 0 Å². The van der Waals surface area contributed by atoms with E-state index in [1.807, 2.05) is 60.7 Å². The lowest BCUT2D eigenvalue weighted by molar-refractivity contribution is 0.449. The Balaban J connectivity index is 1.85. The molecule has 0 saturated heterocycles. The number of ether oxygens (including phenoxy) is 1. The number of rotatable bonds is 3. The maximum absolute atomic E-state index is 5.99. The summed E-state index contributed by atoms with van der Waals surface area (Å²) in [5.41, 5.74) is 2.32. The largest absolute Gasteiger partial charge is 0.448 e. The first-order valence-corrected chi connectivity index (χ1v) is 8.11. The molecule has 1 aliphatic rings. The highest BCUT2D eigenvalue weighted by atomic mass is 16.5. The Labute approximate surface area is 138 Å². The molecule has 0 radical (unpaired) electrons. The van der Waals surface area contributed by atoms with Crippen LogP contribution in [0.3, 0.4) is 0 Å². The molecule has 0 aromatic heterocycles. The molecular weight excluding hydrogens is 280 g/mol. The van der Waals surface area contributed by atoms with Crippen LogP contribution in [0.5, 0.6) is 5.75 Å². The van der Waals surface area contributed by atoms with Gasteiger partial charge in [-0.05, 0) is 67.5 Å². The molecule has 1 nitrogen and oxygen atoms in total. The van der Waals surface area contributed by atoms with Crippen LogP contribution in [-0.2, 0) is 0 Å². The summed E-state index contributed by atoms with van der Waals surface area (Å²) < 4.78 is 5.99. The molecule has 0 aliphatic heterocycles. The van der Waals surface area contributed by atoms with E-state index in [0.717, 1.165) is 24.2 Å². The van der Waals surface area contributed by atoms with Gasteiger partial charge in [-0.25, -0.2) is 0 Å². The highest BCUT2D eigenvalue weighted by molar-refractivity contribution is 5.42. The van der Waals surface area contributed by atoms with Crippen molar-refractivity contribution in [1.29, 1.82) is 0 Å². The topological polar surface area (TPSA) is 9.23 Å². The zero-order valence-electron chi connectivity index (χ0n) is 13.2. The minimum atomic E-state index is 0.702. The summed E-state index contributed by atoms with van der Waals surface area (Å²) in [6.07, 6.45) is 9.16. The third-order valence-corrected chi connectivity index (χ3v) is 3.72. The summed E-state index contributed by atoms with van der Waals surface area (Å²) >= 11 is 0. The van der Waals surface area contributed by atoms with Crippen LogP contribution in [0.25, 0.3) is 0 Å². The highest BCUT2D eigenvalue weighted by Gasteiger charge is 2.04. The first-order chi connectivity index (χ1) is 11.4. The fraction of sp³-hybridized carbons (Fsp3) is 0.182. The van der Waals surface area contributed by atoms with Crippen molar-refractivity contribution in [2.45, 2.75) is 25.7 Å². The zero-order chi connectivity index (χ0) is 15.7. The van der Waals surface area contributed by atoms with Gasteiger partial charge in [-0.2, -0.15) is 0 Å². The lowest BCUT2D eigenvalue weighted by atomic mass is 9.99. The predicted molar refractivity (Wildman–Crippen MR) is 95.0 cm³/mol. The van der Waals surface area contributed by atoms with Gasteiger partial charge >= 0.3 is 0 Å². The van der Waals surface area contributed by atoms with Crippen molar-refractivity contribution < 1.29 is 4.74 Å². The van der Waals surface area contributed by atoms with Gasteiger partial charge in [0.05, 0.1) is 0 Å². The van der Waals surface area contributed by atoms with Gasteiger partial charge in [0.2, 0.25) is 0 Å².